The van der Waals surface area contributed by atoms with E-state index in [0.717, 1.165) is 0 Å². The Labute approximate surface area is 156 Å². The van der Waals surface area contributed by atoms with Crippen LogP contribution in [0.4, 0.5) is 0 Å². The summed E-state index contributed by atoms with van der Waals surface area (Å²) in [7, 11) is -1.35. The number of rotatable bonds is 12. The van der Waals surface area contributed by atoms with Crippen LogP contribution in [-0.4, -0.2) is 48.8 Å². The van der Waals surface area contributed by atoms with Crippen molar-refractivity contribution in [1.82, 2.24) is 20.4 Å². The molecule has 2 heterocycles. The summed E-state index contributed by atoms with van der Waals surface area (Å²) >= 11 is 0. The van der Waals surface area contributed by atoms with Gasteiger partial charge in [0.1, 0.15) is 12.3 Å². The molecule has 12 nitrogen and oxygen atoms in total. The topological polar surface area (TPSA) is 149 Å². The molecule has 0 saturated carbocycles. The fourth-order valence-electron chi connectivity index (χ4n) is 2.04. The molecule has 2 rings (SSSR count). The predicted octanol–water partition coefficient (Wildman–Crippen LogP) is 2.60. The third kappa shape index (κ3) is 6.31. The van der Waals surface area contributed by atoms with Crippen LogP contribution in [0.15, 0.2) is 8.83 Å². The van der Waals surface area contributed by atoms with Crippen LogP contribution in [0, 0.1) is 0 Å². The van der Waals surface area contributed by atoms with Gasteiger partial charge in [0, 0.05) is 41.3 Å². The number of nitrogens with zero attached hydrogens (tertiary/aromatic N) is 4. The Kier molecular flexibility index (Phi) is 7.84. The number of aromatic nitrogens is 4. The van der Waals surface area contributed by atoms with Gasteiger partial charge in [-0.25, -0.2) is 0 Å². The van der Waals surface area contributed by atoms with Crippen molar-refractivity contribution in [2.45, 2.75) is 31.6 Å². The fraction of sp³-hybridized carbons (Fsp3) is 0.692. The molecule has 0 radical (unpaired) electrons. The van der Waals surface area contributed by atoms with E-state index in [9.17, 15) is 9.13 Å². The Bertz CT molecular complexity index is 741. The van der Waals surface area contributed by atoms with Crippen LogP contribution in [0.5, 0.6) is 0 Å². The lowest BCUT2D eigenvalue weighted by Gasteiger charge is -2.10. The highest BCUT2D eigenvalue weighted by Crippen LogP contribution is 2.50. The highest BCUT2D eigenvalue weighted by molar-refractivity contribution is 7.53. The fourth-order valence-corrected chi connectivity index (χ4v) is 3.77. The third-order valence-electron chi connectivity index (χ3n) is 3.57. The summed E-state index contributed by atoms with van der Waals surface area (Å²) < 4.78 is 54.3. The minimum atomic E-state index is -3.26. The van der Waals surface area contributed by atoms with E-state index in [1.54, 1.807) is 0 Å². The average molecular weight is 424 g/mol. The first-order valence-electron chi connectivity index (χ1n) is 7.89. The largest absolute Gasteiger partial charge is 0.425 e. The van der Waals surface area contributed by atoms with Gasteiger partial charge in [-0.3, -0.25) is 9.13 Å². The molecule has 0 aliphatic rings. The molecule has 0 spiro atoms. The Morgan fingerprint density at radius 3 is 1.33 bits per heavy atom. The normalized spacial score (nSPS) is 12.6. The Morgan fingerprint density at radius 2 is 1.00 bits per heavy atom. The standard InChI is InChI=1S/C13H22N4O8P2/c1-20-26(18,21-2)8-12-16-14-10(24-12)6-5-7-11-15-17-13(25-11)9-27(19,22-3)23-4/h5-9H2,1-4H3. The van der Waals surface area contributed by atoms with Gasteiger partial charge in [0.15, 0.2) is 0 Å². The van der Waals surface area contributed by atoms with Crippen molar-refractivity contribution >= 4 is 15.2 Å². The van der Waals surface area contributed by atoms with Crippen LogP contribution in [-0.2, 0) is 52.4 Å². The van der Waals surface area contributed by atoms with Gasteiger partial charge in [0.25, 0.3) is 0 Å². The minimum absolute atomic E-state index is 0.0981. The molecule has 14 heteroatoms. The van der Waals surface area contributed by atoms with Crippen LogP contribution in [0.2, 0.25) is 0 Å². The predicted molar refractivity (Wildman–Crippen MR) is 91.3 cm³/mol. The van der Waals surface area contributed by atoms with Gasteiger partial charge < -0.3 is 26.9 Å². The highest BCUT2D eigenvalue weighted by Gasteiger charge is 2.26. The molecule has 152 valence electrons. The molecule has 2 aromatic heterocycles. The maximum Gasteiger partial charge on any atom is 0.339 e. The van der Waals surface area contributed by atoms with E-state index in [1.165, 1.54) is 28.4 Å². The van der Waals surface area contributed by atoms with Crippen molar-refractivity contribution in [1.29, 1.82) is 0 Å². The average Bonchev–Trinajstić information content (AvgIpc) is 3.31. The highest BCUT2D eigenvalue weighted by atomic mass is 31.2. The molecule has 2 aromatic rings. The zero-order chi connectivity index (χ0) is 19.9. The van der Waals surface area contributed by atoms with E-state index < -0.39 is 15.2 Å². The third-order valence-corrected chi connectivity index (χ3v) is 7.11. The smallest absolute Gasteiger partial charge is 0.339 e. The second-order valence-corrected chi connectivity index (χ2v) is 9.84. The number of aryl methyl sites for hydroxylation is 2. The van der Waals surface area contributed by atoms with Crippen molar-refractivity contribution in [3.8, 4) is 0 Å². The molecule has 0 amide bonds. The summed E-state index contributed by atoms with van der Waals surface area (Å²) in [6, 6.07) is 0. The van der Waals surface area contributed by atoms with Crippen molar-refractivity contribution < 1.29 is 36.1 Å². The van der Waals surface area contributed by atoms with E-state index >= 15 is 0 Å². The summed E-state index contributed by atoms with van der Waals surface area (Å²) in [5, 5.41) is 15.4. The van der Waals surface area contributed by atoms with Gasteiger partial charge >= 0.3 is 15.2 Å². The van der Waals surface area contributed by atoms with Gasteiger partial charge in [-0.15, -0.1) is 20.4 Å². The van der Waals surface area contributed by atoms with Crippen LogP contribution >= 0.6 is 15.2 Å². The summed E-state index contributed by atoms with van der Waals surface area (Å²) in [5.41, 5.74) is 0. The van der Waals surface area contributed by atoms with Crippen LogP contribution in [0.3, 0.4) is 0 Å². The molecular weight excluding hydrogens is 402 g/mol. The lowest BCUT2D eigenvalue weighted by molar-refractivity contribution is 0.270. The van der Waals surface area contributed by atoms with Gasteiger partial charge in [-0.05, 0) is 6.42 Å². The van der Waals surface area contributed by atoms with Crippen molar-refractivity contribution in [3.05, 3.63) is 23.6 Å². The molecule has 0 aromatic carbocycles. The molecule has 0 aliphatic heterocycles. The number of hydrogen-bond acceptors (Lipinski definition) is 12. The van der Waals surface area contributed by atoms with Crippen molar-refractivity contribution in [2.75, 3.05) is 28.4 Å². The van der Waals surface area contributed by atoms with Crippen LogP contribution < -0.4 is 0 Å². The molecule has 0 atom stereocenters. The van der Waals surface area contributed by atoms with E-state index in [0.29, 0.717) is 31.0 Å². The van der Waals surface area contributed by atoms with Crippen LogP contribution in [0.25, 0.3) is 0 Å². The molecule has 0 unspecified atom stereocenters. The molecule has 0 aliphatic carbocycles. The first-order valence-corrected chi connectivity index (χ1v) is 11.3. The lowest BCUT2D eigenvalue weighted by atomic mass is 10.2. The second kappa shape index (κ2) is 9.68. The summed E-state index contributed by atoms with van der Waals surface area (Å²) in [4.78, 5) is 0. The summed E-state index contributed by atoms with van der Waals surface area (Å²) in [6.45, 7) is 0. The first-order chi connectivity index (χ1) is 12.8. The molecule has 0 N–H and O–H groups in total. The van der Waals surface area contributed by atoms with Gasteiger partial charge in [0.2, 0.25) is 23.6 Å². The first kappa shape index (κ1) is 21.9. The SMILES string of the molecule is COP(=O)(Cc1nnc(CCCc2nnc(CP(=O)(OC)OC)o2)o1)OC. The van der Waals surface area contributed by atoms with Crippen molar-refractivity contribution in [2.24, 2.45) is 0 Å². The maximum atomic E-state index is 12.0. The zero-order valence-corrected chi connectivity index (χ0v) is 17.3. The van der Waals surface area contributed by atoms with E-state index in [-0.39, 0.29) is 24.1 Å². The lowest BCUT2D eigenvalue weighted by Crippen LogP contribution is -1.93. The minimum Gasteiger partial charge on any atom is -0.425 e. The van der Waals surface area contributed by atoms with E-state index in [1.807, 2.05) is 0 Å². The quantitative estimate of drug-likeness (QED) is 0.461. The molecule has 0 saturated heterocycles. The zero-order valence-electron chi connectivity index (χ0n) is 15.5. The Balaban J connectivity index is 1.84. The number of hydrogen-bond donors (Lipinski definition) is 0. The van der Waals surface area contributed by atoms with Crippen molar-refractivity contribution in [3.63, 3.8) is 0 Å². The second-order valence-electron chi connectivity index (χ2n) is 5.30. The Hall–Kier alpha value is -1.42. The monoisotopic (exact) mass is 424 g/mol. The Morgan fingerprint density at radius 1 is 0.667 bits per heavy atom. The van der Waals surface area contributed by atoms with Gasteiger partial charge in [-0.2, -0.15) is 0 Å². The molecular formula is C13H22N4O8P2. The summed E-state index contributed by atoms with van der Waals surface area (Å²) in [5.74, 6) is 1.11. The van der Waals surface area contributed by atoms with E-state index in [4.69, 9.17) is 26.9 Å². The maximum absolute atomic E-state index is 12.0. The molecule has 27 heavy (non-hydrogen) atoms. The van der Waals surface area contributed by atoms with Gasteiger partial charge in [-0.1, -0.05) is 0 Å². The molecule has 0 bridgehead atoms. The van der Waals surface area contributed by atoms with Crippen LogP contribution in [0.1, 0.15) is 30.0 Å². The summed E-state index contributed by atoms with van der Waals surface area (Å²) in [6.07, 6.45) is 1.33. The van der Waals surface area contributed by atoms with Gasteiger partial charge in [0.05, 0.1) is 0 Å². The molecule has 0 fully saturated rings. The van der Waals surface area contributed by atoms with E-state index in [2.05, 4.69) is 20.4 Å².